The fourth-order valence-corrected chi connectivity index (χ4v) is 3.01. The highest BCUT2D eigenvalue weighted by molar-refractivity contribution is 5.79. The third kappa shape index (κ3) is 3.32. The maximum absolute atomic E-state index is 12.4. The van der Waals surface area contributed by atoms with Gasteiger partial charge in [-0.15, -0.1) is 0 Å². The molecule has 0 saturated carbocycles. The Morgan fingerprint density at radius 3 is 3.00 bits per heavy atom. The summed E-state index contributed by atoms with van der Waals surface area (Å²) in [6, 6.07) is 5.81. The van der Waals surface area contributed by atoms with E-state index in [9.17, 15) is 9.59 Å². The first-order valence-corrected chi connectivity index (χ1v) is 7.87. The minimum Gasteiger partial charge on any atom is -0.483 e. The molecule has 6 nitrogen and oxygen atoms in total. The molecule has 1 unspecified atom stereocenters. The molecule has 23 heavy (non-hydrogen) atoms. The van der Waals surface area contributed by atoms with Crippen molar-refractivity contribution in [1.29, 1.82) is 0 Å². The van der Waals surface area contributed by atoms with Gasteiger partial charge in [0.05, 0.1) is 6.54 Å². The Hall–Kier alpha value is -2.08. The minimum atomic E-state index is -0.428. The standard InChI is InChI=1S/C17H22N2O4/c1-12-4-3-5-14(13(12)2)22-9-16(21)19-7-6-17(11-19)10-18-15(20)8-23-17/h3-5H,6-11H2,1-2H3,(H,18,20). The second-order valence-corrected chi connectivity index (χ2v) is 6.30. The van der Waals surface area contributed by atoms with Crippen LogP contribution in [0.2, 0.25) is 0 Å². The van der Waals surface area contributed by atoms with Gasteiger partial charge in [0, 0.05) is 13.1 Å². The summed E-state index contributed by atoms with van der Waals surface area (Å²) in [6.45, 7) is 5.69. The van der Waals surface area contributed by atoms with E-state index >= 15 is 0 Å². The molecule has 1 aromatic rings. The molecule has 0 radical (unpaired) electrons. The highest BCUT2D eigenvalue weighted by Gasteiger charge is 2.43. The fourth-order valence-electron chi connectivity index (χ4n) is 3.01. The Balaban J connectivity index is 1.55. The van der Waals surface area contributed by atoms with Gasteiger partial charge >= 0.3 is 0 Å². The van der Waals surface area contributed by atoms with Crippen molar-refractivity contribution < 1.29 is 19.1 Å². The Kier molecular flexibility index (Phi) is 4.26. The SMILES string of the molecule is Cc1cccc(OCC(=O)N2CCC3(CNC(=O)CO3)C2)c1C. The molecule has 2 aliphatic heterocycles. The first kappa shape index (κ1) is 15.8. The summed E-state index contributed by atoms with van der Waals surface area (Å²) in [5, 5.41) is 2.81. The lowest BCUT2D eigenvalue weighted by Crippen LogP contribution is -2.54. The number of carbonyl (C=O) groups excluding carboxylic acids is 2. The molecule has 1 N–H and O–H groups in total. The van der Waals surface area contributed by atoms with Crippen molar-refractivity contribution in [3.05, 3.63) is 29.3 Å². The molecular formula is C17H22N2O4. The largest absolute Gasteiger partial charge is 0.483 e. The normalized spacial score (nSPS) is 23.9. The lowest BCUT2D eigenvalue weighted by molar-refractivity contribution is -0.143. The number of aryl methyl sites for hydroxylation is 1. The van der Waals surface area contributed by atoms with Gasteiger partial charge in [-0.3, -0.25) is 9.59 Å². The van der Waals surface area contributed by atoms with E-state index in [4.69, 9.17) is 9.47 Å². The van der Waals surface area contributed by atoms with Gasteiger partial charge in [-0.05, 0) is 37.5 Å². The Morgan fingerprint density at radius 1 is 1.43 bits per heavy atom. The highest BCUT2D eigenvalue weighted by atomic mass is 16.5. The topological polar surface area (TPSA) is 67.9 Å². The summed E-state index contributed by atoms with van der Waals surface area (Å²) in [5.74, 6) is 0.593. The number of hydrogen-bond acceptors (Lipinski definition) is 4. The summed E-state index contributed by atoms with van der Waals surface area (Å²) in [6.07, 6.45) is 0.739. The van der Waals surface area contributed by atoms with Gasteiger partial charge in [-0.25, -0.2) is 0 Å². The number of hydrogen-bond donors (Lipinski definition) is 1. The van der Waals surface area contributed by atoms with Crippen LogP contribution in [-0.4, -0.2) is 55.2 Å². The average Bonchev–Trinajstić information content (AvgIpc) is 2.96. The molecule has 2 amide bonds. The zero-order chi connectivity index (χ0) is 16.4. The second kappa shape index (κ2) is 6.20. The first-order valence-electron chi connectivity index (χ1n) is 7.87. The van der Waals surface area contributed by atoms with Crippen LogP contribution in [0.25, 0.3) is 0 Å². The van der Waals surface area contributed by atoms with E-state index in [1.54, 1.807) is 4.90 Å². The van der Waals surface area contributed by atoms with Crippen molar-refractivity contribution in [2.45, 2.75) is 25.9 Å². The van der Waals surface area contributed by atoms with E-state index in [0.717, 1.165) is 23.3 Å². The summed E-state index contributed by atoms with van der Waals surface area (Å²) >= 11 is 0. The smallest absolute Gasteiger partial charge is 0.260 e. The molecular weight excluding hydrogens is 296 g/mol. The van der Waals surface area contributed by atoms with Crippen molar-refractivity contribution in [1.82, 2.24) is 10.2 Å². The van der Waals surface area contributed by atoms with Gasteiger partial charge in [-0.1, -0.05) is 12.1 Å². The predicted molar refractivity (Wildman–Crippen MR) is 84.3 cm³/mol. The van der Waals surface area contributed by atoms with Crippen LogP contribution in [0, 0.1) is 13.8 Å². The van der Waals surface area contributed by atoms with E-state index in [1.165, 1.54) is 0 Å². The molecule has 124 valence electrons. The first-order chi connectivity index (χ1) is 11.0. The van der Waals surface area contributed by atoms with Crippen LogP contribution >= 0.6 is 0 Å². The summed E-state index contributed by atoms with van der Waals surface area (Å²) in [5.41, 5.74) is 1.76. The van der Waals surface area contributed by atoms with Crippen LogP contribution in [0.15, 0.2) is 18.2 Å². The molecule has 2 fully saturated rings. The number of carbonyl (C=O) groups is 2. The monoisotopic (exact) mass is 318 g/mol. The molecule has 2 saturated heterocycles. The molecule has 0 aliphatic carbocycles. The van der Waals surface area contributed by atoms with Crippen LogP contribution in [0.3, 0.4) is 0 Å². The van der Waals surface area contributed by atoms with Gasteiger partial charge < -0.3 is 19.7 Å². The van der Waals surface area contributed by atoms with E-state index < -0.39 is 5.60 Å². The number of rotatable bonds is 3. The molecule has 2 heterocycles. The fraction of sp³-hybridized carbons (Fsp3) is 0.529. The van der Waals surface area contributed by atoms with E-state index in [2.05, 4.69) is 5.32 Å². The van der Waals surface area contributed by atoms with Crippen molar-refractivity contribution in [3.63, 3.8) is 0 Å². The molecule has 1 spiro atoms. The predicted octanol–water partition coefficient (Wildman–Crippen LogP) is 0.800. The highest BCUT2D eigenvalue weighted by Crippen LogP contribution is 2.27. The van der Waals surface area contributed by atoms with Gasteiger partial charge in [0.1, 0.15) is 18.0 Å². The Bertz CT molecular complexity index is 619. The molecule has 0 bridgehead atoms. The molecule has 6 heteroatoms. The summed E-state index contributed by atoms with van der Waals surface area (Å²) in [4.78, 5) is 25.3. The Morgan fingerprint density at radius 2 is 2.26 bits per heavy atom. The average molecular weight is 318 g/mol. The number of benzene rings is 1. The number of ether oxygens (including phenoxy) is 2. The number of amides is 2. The Labute approximate surface area is 135 Å². The minimum absolute atomic E-state index is 0.0206. The van der Waals surface area contributed by atoms with Gasteiger partial charge in [0.15, 0.2) is 6.61 Å². The van der Waals surface area contributed by atoms with Crippen LogP contribution in [0.5, 0.6) is 5.75 Å². The molecule has 0 aromatic heterocycles. The lowest BCUT2D eigenvalue weighted by atomic mass is 10.0. The number of nitrogens with one attached hydrogen (secondary N) is 1. The number of nitrogens with zero attached hydrogens (tertiary/aromatic N) is 1. The van der Waals surface area contributed by atoms with Gasteiger partial charge in [0.25, 0.3) is 5.91 Å². The number of morpholine rings is 1. The van der Waals surface area contributed by atoms with Crippen LogP contribution in [-0.2, 0) is 14.3 Å². The second-order valence-electron chi connectivity index (χ2n) is 6.30. The zero-order valence-electron chi connectivity index (χ0n) is 13.6. The van der Waals surface area contributed by atoms with E-state index in [0.29, 0.717) is 19.6 Å². The zero-order valence-corrected chi connectivity index (χ0v) is 13.6. The molecule has 1 atom stereocenters. The van der Waals surface area contributed by atoms with Crippen LogP contribution in [0.1, 0.15) is 17.5 Å². The third-order valence-corrected chi connectivity index (χ3v) is 4.69. The molecule has 2 aliphatic rings. The molecule has 1 aromatic carbocycles. The maximum Gasteiger partial charge on any atom is 0.260 e. The summed E-state index contributed by atoms with van der Waals surface area (Å²) in [7, 11) is 0. The van der Waals surface area contributed by atoms with Crippen LogP contribution in [0.4, 0.5) is 0 Å². The van der Waals surface area contributed by atoms with Gasteiger partial charge in [-0.2, -0.15) is 0 Å². The summed E-state index contributed by atoms with van der Waals surface area (Å²) < 4.78 is 11.4. The maximum atomic E-state index is 12.4. The van der Waals surface area contributed by atoms with Crippen molar-refractivity contribution in [3.8, 4) is 5.75 Å². The van der Waals surface area contributed by atoms with E-state index in [-0.39, 0.29) is 25.0 Å². The quantitative estimate of drug-likeness (QED) is 0.895. The van der Waals surface area contributed by atoms with Crippen molar-refractivity contribution >= 4 is 11.8 Å². The van der Waals surface area contributed by atoms with E-state index in [1.807, 2.05) is 32.0 Å². The van der Waals surface area contributed by atoms with Gasteiger partial charge in [0.2, 0.25) is 5.91 Å². The third-order valence-electron chi connectivity index (χ3n) is 4.69. The lowest BCUT2D eigenvalue weighted by Gasteiger charge is -2.33. The van der Waals surface area contributed by atoms with Crippen LogP contribution < -0.4 is 10.1 Å². The number of likely N-dealkylation sites (tertiary alicyclic amines) is 1. The van der Waals surface area contributed by atoms with Crippen molar-refractivity contribution in [2.75, 3.05) is 32.8 Å². The molecule has 3 rings (SSSR count). The van der Waals surface area contributed by atoms with Crippen molar-refractivity contribution in [2.24, 2.45) is 0 Å².